The minimum Gasteiger partial charge on any atom is -0.327 e. The van der Waals surface area contributed by atoms with E-state index >= 15 is 0 Å². The Hall–Kier alpha value is -3.47. The minimum absolute atomic E-state index is 0.197. The number of carbonyl (C=O) groups excluding carboxylic acids is 1. The smallest absolute Gasteiger partial charge is 0.271 e. The number of hydrogen-bond acceptors (Lipinski definition) is 3. The molecule has 5 nitrogen and oxygen atoms in total. The van der Waals surface area contributed by atoms with Crippen molar-refractivity contribution in [1.29, 1.82) is 0 Å². The SMILES string of the molecule is C=C(C)c1ccc(C(=O)Nc2cc(-c3ccncc3)c[nH]c2=O)cc1. The number of nitrogens with zero attached hydrogens (tertiary/aromatic N) is 1. The number of anilines is 1. The average molecular weight is 331 g/mol. The van der Waals surface area contributed by atoms with Gasteiger partial charge in [-0.15, -0.1) is 0 Å². The van der Waals surface area contributed by atoms with Gasteiger partial charge in [0.25, 0.3) is 11.5 Å². The van der Waals surface area contributed by atoms with Crippen LogP contribution >= 0.6 is 0 Å². The summed E-state index contributed by atoms with van der Waals surface area (Å²) in [4.78, 5) is 31.0. The Morgan fingerprint density at radius 1 is 1.04 bits per heavy atom. The summed E-state index contributed by atoms with van der Waals surface area (Å²) in [6.45, 7) is 5.77. The zero-order valence-electron chi connectivity index (χ0n) is 13.7. The standard InChI is InChI=1S/C20H17N3O2/c1-13(2)14-3-5-16(6-4-14)19(24)23-18-11-17(12-22-20(18)25)15-7-9-21-10-8-15/h3-12H,1H2,2H3,(H,22,25)(H,23,24). The second-order valence-corrected chi connectivity index (χ2v) is 5.68. The van der Waals surface area contributed by atoms with Gasteiger partial charge < -0.3 is 10.3 Å². The van der Waals surface area contributed by atoms with E-state index in [0.717, 1.165) is 22.3 Å². The van der Waals surface area contributed by atoms with Gasteiger partial charge in [0.2, 0.25) is 0 Å². The molecule has 5 heteroatoms. The highest BCUT2D eigenvalue weighted by Gasteiger charge is 2.10. The quantitative estimate of drug-likeness (QED) is 0.765. The van der Waals surface area contributed by atoms with Crippen LogP contribution in [0.1, 0.15) is 22.8 Å². The summed E-state index contributed by atoms with van der Waals surface area (Å²) in [7, 11) is 0. The van der Waals surface area contributed by atoms with E-state index in [1.54, 1.807) is 36.8 Å². The lowest BCUT2D eigenvalue weighted by Gasteiger charge is -2.08. The fraction of sp³-hybridized carbons (Fsp3) is 0.0500. The van der Waals surface area contributed by atoms with Crippen LogP contribution in [0.25, 0.3) is 16.7 Å². The lowest BCUT2D eigenvalue weighted by Crippen LogP contribution is -2.19. The van der Waals surface area contributed by atoms with Crippen molar-refractivity contribution in [2.45, 2.75) is 6.92 Å². The Bertz CT molecular complexity index is 974. The molecule has 0 aliphatic carbocycles. The molecule has 3 aromatic rings. The van der Waals surface area contributed by atoms with Gasteiger partial charge >= 0.3 is 0 Å². The molecule has 1 aromatic carbocycles. The molecule has 0 bridgehead atoms. The lowest BCUT2D eigenvalue weighted by molar-refractivity contribution is 0.102. The maximum atomic E-state index is 12.4. The van der Waals surface area contributed by atoms with E-state index in [1.165, 1.54) is 0 Å². The summed E-state index contributed by atoms with van der Waals surface area (Å²) in [5, 5.41) is 2.66. The number of H-pyrrole nitrogens is 1. The van der Waals surface area contributed by atoms with Crippen molar-refractivity contribution in [2.24, 2.45) is 0 Å². The zero-order chi connectivity index (χ0) is 17.8. The van der Waals surface area contributed by atoms with Gasteiger partial charge in [0.05, 0.1) is 0 Å². The number of nitrogens with one attached hydrogen (secondary N) is 2. The first-order valence-electron chi connectivity index (χ1n) is 7.75. The van der Waals surface area contributed by atoms with E-state index in [2.05, 4.69) is 21.9 Å². The molecule has 0 saturated carbocycles. The van der Waals surface area contributed by atoms with E-state index in [4.69, 9.17) is 0 Å². The van der Waals surface area contributed by atoms with Crippen molar-refractivity contribution in [1.82, 2.24) is 9.97 Å². The van der Waals surface area contributed by atoms with Crippen LogP contribution in [0.4, 0.5) is 5.69 Å². The lowest BCUT2D eigenvalue weighted by atomic mass is 10.1. The molecule has 25 heavy (non-hydrogen) atoms. The Morgan fingerprint density at radius 3 is 2.32 bits per heavy atom. The second-order valence-electron chi connectivity index (χ2n) is 5.68. The third kappa shape index (κ3) is 3.72. The molecule has 3 rings (SSSR count). The van der Waals surface area contributed by atoms with Gasteiger partial charge in [0.15, 0.2) is 0 Å². The number of rotatable bonds is 4. The van der Waals surface area contributed by atoms with Crippen molar-refractivity contribution < 1.29 is 4.79 Å². The number of pyridine rings is 2. The molecule has 0 fully saturated rings. The number of amides is 1. The predicted octanol–water partition coefficient (Wildman–Crippen LogP) is 3.72. The van der Waals surface area contributed by atoms with Gasteiger partial charge in [0, 0.05) is 29.7 Å². The van der Waals surface area contributed by atoms with Crippen LogP contribution in [0.2, 0.25) is 0 Å². The summed E-state index contributed by atoms with van der Waals surface area (Å²) in [6.07, 6.45) is 4.94. The maximum absolute atomic E-state index is 12.4. The highest BCUT2D eigenvalue weighted by molar-refractivity contribution is 6.04. The molecule has 0 spiro atoms. The number of aromatic nitrogens is 2. The van der Waals surface area contributed by atoms with Crippen LogP contribution in [-0.2, 0) is 0 Å². The van der Waals surface area contributed by atoms with Crippen molar-refractivity contribution in [3.8, 4) is 11.1 Å². The summed E-state index contributed by atoms with van der Waals surface area (Å²) in [5.74, 6) is -0.342. The Kier molecular flexibility index (Phi) is 4.57. The predicted molar refractivity (Wildman–Crippen MR) is 99.4 cm³/mol. The number of benzene rings is 1. The fourth-order valence-electron chi connectivity index (χ4n) is 2.39. The molecule has 0 saturated heterocycles. The zero-order valence-corrected chi connectivity index (χ0v) is 13.7. The van der Waals surface area contributed by atoms with E-state index in [-0.39, 0.29) is 17.2 Å². The molecule has 2 heterocycles. The monoisotopic (exact) mass is 331 g/mol. The van der Waals surface area contributed by atoms with Gasteiger partial charge in [-0.2, -0.15) is 0 Å². The summed E-state index contributed by atoms with van der Waals surface area (Å²) >= 11 is 0. The third-order valence-corrected chi connectivity index (χ3v) is 3.80. The molecule has 1 amide bonds. The highest BCUT2D eigenvalue weighted by Crippen LogP contribution is 2.19. The van der Waals surface area contributed by atoms with E-state index in [0.29, 0.717) is 5.56 Å². The van der Waals surface area contributed by atoms with Gasteiger partial charge in [0.1, 0.15) is 5.69 Å². The largest absolute Gasteiger partial charge is 0.327 e. The summed E-state index contributed by atoms with van der Waals surface area (Å²) in [6, 6.07) is 12.4. The Balaban J connectivity index is 1.86. The molecule has 0 unspecified atom stereocenters. The van der Waals surface area contributed by atoms with Crippen LogP contribution < -0.4 is 10.9 Å². The van der Waals surface area contributed by atoms with Crippen LogP contribution in [0.3, 0.4) is 0 Å². The molecule has 0 aliphatic rings. The molecule has 0 aliphatic heterocycles. The molecular formula is C20H17N3O2. The van der Waals surface area contributed by atoms with Gasteiger partial charge in [-0.25, -0.2) is 0 Å². The number of hydrogen-bond donors (Lipinski definition) is 2. The Morgan fingerprint density at radius 2 is 1.68 bits per heavy atom. The third-order valence-electron chi connectivity index (χ3n) is 3.80. The molecule has 2 N–H and O–H groups in total. The van der Waals surface area contributed by atoms with Gasteiger partial charge in [-0.05, 0) is 48.4 Å². The second kappa shape index (κ2) is 6.97. The summed E-state index contributed by atoms with van der Waals surface area (Å²) in [5.41, 5.74) is 3.89. The molecule has 2 aromatic heterocycles. The molecule has 0 radical (unpaired) electrons. The van der Waals surface area contributed by atoms with Crippen molar-refractivity contribution in [3.63, 3.8) is 0 Å². The first kappa shape index (κ1) is 16.4. The van der Waals surface area contributed by atoms with Crippen molar-refractivity contribution in [2.75, 3.05) is 5.32 Å². The fourth-order valence-corrected chi connectivity index (χ4v) is 2.39. The van der Waals surface area contributed by atoms with Crippen LogP contribution in [0.5, 0.6) is 0 Å². The first-order valence-corrected chi connectivity index (χ1v) is 7.75. The first-order chi connectivity index (χ1) is 12.0. The average Bonchev–Trinajstić information content (AvgIpc) is 2.64. The summed E-state index contributed by atoms with van der Waals surface area (Å²) < 4.78 is 0. The van der Waals surface area contributed by atoms with Crippen molar-refractivity contribution in [3.05, 3.63) is 89.1 Å². The number of allylic oxidation sites excluding steroid dienone is 1. The number of carbonyl (C=O) groups is 1. The highest BCUT2D eigenvalue weighted by atomic mass is 16.2. The van der Waals surface area contributed by atoms with E-state index < -0.39 is 0 Å². The number of aromatic amines is 1. The maximum Gasteiger partial charge on any atom is 0.271 e. The van der Waals surface area contributed by atoms with Crippen LogP contribution in [0, 0.1) is 0 Å². The van der Waals surface area contributed by atoms with Crippen molar-refractivity contribution >= 4 is 17.2 Å². The topological polar surface area (TPSA) is 74.8 Å². The van der Waals surface area contributed by atoms with E-state index in [9.17, 15) is 9.59 Å². The van der Waals surface area contributed by atoms with E-state index in [1.807, 2.05) is 31.2 Å². The van der Waals surface area contributed by atoms with Crippen LogP contribution in [0.15, 0.2) is 72.4 Å². The van der Waals surface area contributed by atoms with Crippen LogP contribution in [-0.4, -0.2) is 15.9 Å². The Labute approximate surface area is 145 Å². The molecular weight excluding hydrogens is 314 g/mol. The van der Waals surface area contributed by atoms with Gasteiger partial charge in [-0.1, -0.05) is 24.3 Å². The molecule has 0 atom stereocenters. The minimum atomic E-state index is -0.357. The van der Waals surface area contributed by atoms with Gasteiger partial charge in [-0.3, -0.25) is 14.6 Å². The normalized spacial score (nSPS) is 10.3. The molecule has 124 valence electrons.